The Balaban J connectivity index is 2.56. The molecule has 1 aromatic rings. The minimum absolute atomic E-state index is 0.238. The van der Waals surface area contributed by atoms with E-state index in [1.54, 1.807) is 9.47 Å². The SMILES string of the molecule is Cc1c(N(C)C)c(=O)[nH]c(=O)n1C1CCCCC1. The van der Waals surface area contributed by atoms with Gasteiger partial charge in [0.05, 0.1) is 0 Å². The fourth-order valence-electron chi connectivity index (χ4n) is 2.95. The van der Waals surface area contributed by atoms with Crippen LogP contribution in [-0.4, -0.2) is 23.6 Å². The number of aromatic amines is 1. The Morgan fingerprint density at radius 1 is 1.17 bits per heavy atom. The molecular formula is C13H21N3O2. The molecule has 0 unspecified atom stereocenters. The molecule has 0 radical (unpaired) electrons. The van der Waals surface area contributed by atoms with Gasteiger partial charge in [-0.25, -0.2) is 4.79 Å². The monoisotopic (exact) mass is 251 g/mol. The highest BCUT2D eigenvalue weighted by Gasteiger charge is 2.21. The zero-order valence-corrected chi connectivity index (χ0v) is 11.3. The molecule has 5 heteroatoms. The largest absolute Gasteiger partial charge is 0.372 e. The number of H-pyrrole nitrogens is 1. The third-order valence-electron chi connectivity index (χ3n) is 3.75. The summed E-state index contributed by atoms with van der Waals surface area (Å²) < 4.78 is 1.77. The van der Waals surface area contributed by atoms with E-state index in [1.165, 1.54) is 6.42 Å². The zero-order valence-electron chi connectivity index (χ0n) is 11.3. The van der Waals surface area contributed by atoms with Crippen molar-refractivity contribution in [2.75, 3.05) is 19.0 Å². The second kappa shape index (κ2) is 5.00. The first kappa shape index (κ1) is 12.9. The van der Waals surface area contributed by atoms with Crippen molar-refractivity contribution in [1.29, 1.82) is 0 Å². The molecule has 100 valence electrons. The molecule has 0 bridgehead atoms. The highest BCUT2D eigenvalue weighted by Crippen LogP contribution is 2.28. The molecule has 0 amide bonds. The van der Waals surface area contributed by atoms with Crippen molar-refractivity contribution in [2.45, 2.75) is 45.1 Å². The van der Waals surface area contributed by atoms with E-state index in [2.05, 4.69) is 4.98 Å². The maximum atomic E-state index is 12.0. The van der Waals surface area contributed by atoms with E-state index < -0.39 is 0 Å². The second-order valence-corrected chi connectivity index (χ2v) is 5.25. The number of anilines is 1. The number of rotatable bonds is 2. The first-order chi connectivity index (χ1) is 8.52. The molecule has 1 N–H and O–H groups in total. The van der Waals surface area contributed by atoms with Crippen LogP contribution in [0.1, 0.15) is 43.8 Å². The van der Waals surface area contributed by atoms with Crippen LogP contribution >= 0.6 is 0 Å². The molecule has 1 aromatic heterocycles. The van der Waals surface area contributed by atoms with E-state index in [0.717, 1.165) is 31.4 Å². The number of nitrogens with zero attached hydrogens (tertiary/aromatic N) is 2. The maximum absolute atomic E-state index is 12.0. The topological polar surface area (TPSA) is 58.1 Å². The Hall–Kier alpha value is -1.52. The summed E-state index contributed by atoms with van der Waals surface area (Å²) in [5.41, 5.74) is 0.797. The standard InChI is InChI=1S/C13H21N3O2/c1-9-11(15(2)3)12(17)14-13(18)16(9)10-7-5-4-6-8-10/h10H,4-8H2,1-3H3,(H,14,17,18). The van der Waals surface area contributed by atoms with Gasteiger partial charge in [0, 0.05) is 25.8 Å². The van der Waals surface area contributed by atoms with E-state index in [4.69, 9.17) is 0 Å². The summed E-state index contributed by atoms with van der Waals surface area (Å²) in [5.74, 6) is 0. The van der Waals surface area contributed by atoms with Crippen LogP contribution in [-0.2, 0) is 0 Å². The van der Waals surface area contributed by atoms with E-state index in [-0.39, 0.29) is 17.3 Å². The Bertz CT molecular complexity index is 536. The summed E-state index contributed by atoms with van der Waals surface area (Å²) in [6.07, 6.45) is 5.62. The van der Waals surface area contributed by atoms with Crippen molar-refractivity contribution in [2.24, 2.45) is 0 Å². The average Bonchev–Trinajstić information content (AvgIpc) is 2.28. The molecule has 0 spiro atoms. The van der Waals surface area contributed by atoms with Crippen LogP contribution in [0.4, 0.5) is 5.69 Å². The van der Waals surface area contributed by atoms with Crippen LogP contribution in [0, 0.1) is 6.92 Å². The maximum Gasteiger partial charge on any atom is 0.328 e. The van der Waals surface area contributed by atoms with Gasteiger partial charge in [0.2, 0.25) is 0 Å². The van der Waals surface area contributed by atoms with Gasteiger partial charge in [-0.15, -0.1) is 0 Å². The van der Waals surface area contributed by atoms with Gasteiger partial charge in [0.15, 0.2) is 0 Å². The predicted octanol–water partition coefficient (Wildman–Crippen LogP) is 1.42. The molecule has 1 saturated carbocycles. The van der Waals surface area contributed by atoms with Crippen molar-refractivity contribution < 1.29 is 0 Å². The van der Waals surface area contributed by atoms with Gasteiger partial charge in [-0.1, -0.05) is 19.3 Å². The van der Waals surface area contributed by atoms with E-state index in [1.807, 2.05) is 21.0 Å². The molecule has 0 aliphatic heterocycles. The van der Waals surface area contributed by atoms with E-state index >= 15 is 0 Å². The molecule has 18 heavy (non-hydrogen) atoms. The van der Waals surface area contributed by atoms with Gasteiger partial charge in [-0.3, -0.25) is 14.3 Å². The lowest BCUT2D eigenvalue weighted by molar-refractivity contribution is 0.337. The lowest BCUT2D eigenvalue weighted by atomic mass is 9.95. The predicted molar refractivity (Wildman–Crippen MR) is 72.5 cm³/mol. The van der Waals surface area contributed by atoms with Crippen LogP contribution in [0.25, 0.3) is 0 Å². The lowest BCUT2D eigenvalue weighted by Crippen LogP contribution is -2.38. The Morgan fingerprint density at radius 3 is 2.33 bits per heavy atom. The fourth-order valence-corrected chi connectivity index (χ4v) is 2.95. The lowest BCUT2D eigenvalue weighted by Gasteiger charge is -2.27. The molecule has 2 rings (SSSR count). The van der Waals surface area contributed by atoms with Crippen LogP contribution < -0.4 is 16.1 Å². The third kappa shape index (κ3) is 2.21. The van der Waals surface area contributed by atoms with Crippen LogP contribution in [0.2, 0.25) is 0 Å². The number of hydrogen-bond donors (Lipinski definition) is 1. The molecule has 5 nitrogen and oxygen atoms in total. The Kier molecular flexibility index (Phi) is 3.59. The second-order valence-electron chi connectivity index (χ2n) is 5.25. The quantitative estimate of drug-likeness (QED) is 0.864. The summed E-state index contributed by atoms with van der Waals surface area (Å²) in [6.45, 7) is 1.86. The molecule has 0 saturated heterocycles. The molecular weight excluding hydrogens is 230 g/mol. The molecule has 0 aromatic carbocycles. The molecule has 1 aliphatic rings. The van der Waals surface area contributed by atoms with Gasteiger partial charge < -0.3 is 4.90 Å². The average molecular weight is 251 g/mol. The van der Waals surface area contributed by atoms with E-state index in [9.17, 15) is 9.59 Å². The van der Waals surface area contributed by atoms with Gasteiger partial charge in [0.25, 0.3) is 5.56 Å². The molecule has 1 aliphatic carbocycles. The van der Waals surface area contributed by atoms with E-state index in [0.29, 0.717) is 5.69 Å². The van der Waals surface area contributed by atoms with Gasteiger partial charge in [-0.2, -0.15) is 0 Å². The highest BCUT2D eigenvalue weighted by atomic mass is 16.2. The van der Waals surface area contributed by atoms with Gasteiger partial charge >= 0.3 is 5.69 Å². The molecule has 1 heterocycles. The Labute approximate surface area is 106 Å². The van der Waals surface area contributed by atoms with Crippen molar-refractivity contribution in [1.82, 2.24) is 9.55 Å². The van der Waals surface area contributed by atoms with Crippen LogP contribution in [0.5, 0.6) is 0 Å². The minimum Gasteiger partial charge on any atom is -0.372 e. The summed E-state index contributed by atoms with van der Waals surface area (Å²) in [6, 6.07) is 0.238. The van der Waals surface area contributed by atoms with Crippen molar-refractivity contribution in [3.05, 3.63) is 26.5 Å². The summed E-state index contributed by atoms with van der Waals surface area (Å²) in [7, 11) is 3.65. The zero-order chi connectivity index (χ0) is 13.3. The third-order valence-corrected chi connectivity index (χ3v) is 3.75. The first-order valence-electron chi connectivity index (χ1n) is 6.55. The Morgan fingerprint density at radius 2 is 1.78 bits per heavy atom. The van der Waals surface area contributed by atoms with Crippen molar-refractivity contribution in [3.63, 3.8) is 0 Å². The number of nitrogens with one attached hydrogen (secondary N) is 1. The highest BCUT2D eigenvalue weighted by molar-refractivity contribution is 5.46. The minimum atomic E-state index is -0.297. The summed E-state index contributed by atoms with van der Waals surface area (Å²) in [4.78, 5) is 28.1. The fraction of sp³-hybridized carbons (Fsp3) is 0.692. The number of aromatic nitrogens is 2. The van der Waals surface area contributed by atoms with Crippen LogP contribution in [0.3, 0.4) is 0 Å². The molecule has 1 fully saturated rings. The van der Waals surface area contributed by atoms with Crippen molar-refractivity contribution >= 4 is 5.69 Å². The summed E-state index contributed by atoms with van der Waals surface area (Å²) >= 11 is 0. The van der Waals surface area contributed by atoms with Crippen molar-refractivity contribution in [3.8, 4) is 0 Å². The van der Waals surface area contributed by atoms with Crippen LogP contribution in [0.15, 0.2) is 9.59 Å². The normalized spacial score (nSPS) is 16.8. The first-order valence-corrected chi connectivity index (χ1v) is 6.55. The van der Waals surface area contributed by atoms with Gasteiger partial charge in [0.1, 0.15) is 5.69 Å². The molecule has 0 atom stereocenters. The summed E-state index contributed by atoms with van der Waals surface area (Å²) in [5, 5.41) is 0. The smallest absolute Gasteiger partial charge is 0.328 e. The number of hydrogen-bond acceptors (Lipinski definition) is 3. The van der Waals surface area contributed by atoms with Gasteiger partial charge in [-0.05, 0) is 19.8 Å².